The third-order valence-corrected chi connectivity index (χ3v) is 8.67. The monoisotopic (exact) mass is 249 g/mol. The maximum atomic E-state index is 4.63. The topological polar surface area (TPSA) is 12.4 Å². The van der Waals surface area contributed by atoms with Crippen molar-refractivity contribution in [1.82, 2.24) is 0 Å². The Bertz CT molecular complexity index is 349. The number of nitrogens with zero attached hydrogens (tertiary/aromatic N) is 1. The molecule has 1 unspecified atom stereocenters. The minimum absolute atomic E-state index is 0.377. The Labute approximate surface area is 108 Å². The van der Waals surface area contributed by atoms with E-state index in [-0.39, 0.29) is 0 Å². The van der Waals surface area contributed by atoms with E-state index in [4.69, 9.17) is 0 Å². The first-order valence-corrected chi connectivity index (χ1v) is 9.76. The predicted octanol–water partition coefficient (Wildman–Crippen LogP) is 4.44. The van der Waals surface area contributed by atoms with Crippen molar-refractivity contribution in [1.29, 1.82) is 0 Å². The zero-order valence-corrected chi connectivity index (χ0v) is 13.4. The molecule has 1 aliphatic heterocycles. The molecule has 0 saturated carbocycles. The highest BCUT2D eigenvalue weighted by Gasteiger charge is 2.33. The lowest BCUT2D eigenvalue weighted by molar-refractivity contribution is 0.626. The molecule has 0 spiro atoms. The van der Waals surface area contributed by atoms with Crippen LogP contribution in [0.25, 0.3) is 0 Å². The highest BCUT2D eigenvalue weighted by molar-refractivity contribution is 6.87. The standard InChI is InChI=1S/C15H27NSi/c1-13-10-11-14(16-13)9-7-8-12-17(5,6)15(2,3)4/h14H,7,9-11H2,1-6H3. The highest BCUT2D eigenvalue weighted by Crippen LogP contribution is 2.35. The van der Waals surface area contributed by atoms with E-state index in [9.17, 15) is 0 Å². The lowest BCUT2D eigenvalue weighted by atomic mass is 10.1. The summed E-state index contributed by atoms with van der Waals surface area (Å²) in [5.41, 5.74) is 4.90. The van der Waals surface area contributed by atoms with Gasteiger partial charge in [-0.25, -0.2) is 0 Å². The van der Waals surface area contributed by atoms with Gasteiger partial charge in [0.2, 0.25) is 0 Å². The number of hydrogen-bond acceptors (Lipinski definition) is 1. The third-order valence-electron chi connectivity index (χ3n) is 4.12. The van der Waals surface area contributed by atoms with Crippen LogP contribution < -0.4 is 0 Å². The van der Waals surface area contributed by atoms with Crippen LogP contribution in [0.2, 0.25) is 18.1 Å². The van der Waals surface area contributed by atoms with Crippen molar-refractivity contribution in [3.63, 3.8) is 0 Å². The van der Waals surface area contributed by atoms with Gasteiger partial charge in [0.1, 0.15) is 8.07 Å². The minimum atomic E-state index is -1.39. The lowest BCUT2D eigenvalue weighted by Gasteiger charge is -2.31. The van der Waals surface area contributed by atoms with E-state index >= 15 is 0 Å². The van der Waals surface area contributed by atoms with Gasteiger partial charge in [-0.1, -0.05) is 33.9 Å². The number of rotatable bonds is 2. The Hall–Kier alpha value is -0.553. The van der Waals surface area contributed by atoms with E-state index < -0.39 is 8.07 Å². The third kappa shape index (κ3) is 4.31. The van der Waals surface area contributed by atoms with E-state index in [1.54, 1.807) is 0 Å². The molecule has 0 aromatic carbocycles. The van der Waals surface area contributed by atoms with Gasteiger partial charge in [-0.2, -0.15) is 0 Å². The Morgan fingerprint density at radius 3 is 2.47 bits per heavy atom. The Balaban J connectivity index is 2.42. The van der Waals surface area contributed by atoms with Gasteiger partial charge in [0.15, 0.2) is 0 Å². The van der Waals surface area contributed by atoms with Gasteiger partial charge in [-0.3, -0.25) is 4.99 Å². The molecule has 1 nitrogen and oxygen atoms in total. The molecule has 0 amide bonds. The van der Waals surface area contributed by atoms with Crippen molar-refractivity contribution >= 4 is 13.8 Å². The predicted molar refractivity (Wildman–Crippen MR) is 80.3 cm³/mol. The van der Waals surface area contributed by atoms with Gasteiger partial charge < -0.3 is 0 Å². The zero-order valence-electron chi connectivity index (χ0n) is 12.4. The summed E-state index contributed by atoms with van der Waals surface area (Å²) in [6, 6.07) is 0.559. The van der Waals surface area contributed by atoms with Gasteiger partial charge in [-0.05, 0) is 31.2 Å². The van der Waals surface area contributed by atoms with Crippen molar-refractivity contribution in [3.8, 4) is 11.5 Å². The zero-order chi connectivity index (χ0) is 13.1. The van der Waals surface area contributed by atoms with Crippen LogP contribution in [0.3, 0.4) is 0 Å². The maximum absolute atomic E-state index is 4.63. The molecule has 2 heteroatoms. The Morgan fingerprint density at radius 1 is 1.35 bits per heavy atom. The molecule has 0 aromatic heterocycles. The second-order valence-corrected chi connectivity index (χ2v) is 11.8. The first-order chi connectivity index (χ1) is 7.72. The van der Waals surface area contributed by atoms with Gasteiger partial charge in [0.05, 0.1) is 6.04 Å². The molecule has 0 radical (unpaired) electrons. The molecule has 0 N–H and O–H groups in total. The second-order valence-electron chi connectivity index (χ2n) is 6.77. The molecule has 1 aliphatic rings. The summed E-state index contributed by atoms with van der Waals surface area (Å²) in [5.74, 6) is 3.42. The SMILES string of the molecule is CC1=NC(CCC#C[Si](C)(C)C(C)(C)C)CC1. The Kier molecular flexibility index (Phi) is 4.60. The molecule has 0 fully saturated rings. The van der Waals surface area contributed by atoms with Crippen LogP contribution in [-0.4, -0.2) is 19.8 Å². The van der Waals surface area contributed by atoms with E-state index in [2.05, 4.69) is 57.2 Å². The molecule has 0 aromatic rings. The fourth-order valence-corrected chi connectivity index (χ4v) is 2.68. The molecule has 1 atom stereocenters. The minimum Gasteiger partial charge on any atom is -0.291 e. The molecule has 0 aliphatic carbocycles. The fraction of sp³-hybridized carbons (Fsp3) is 0.800. The molecule has 1 rings (SSSR count). The Morgan fingerprint density at radius 2 is 2.00 bits per heavy atom. The molecule has 1 heterocycles. The van der Waals surface area contributed by atoms with Crippen LogP contribution in [0.5, 0.6) is 0 Å². The summed E-state index contributed by atoms with van der Waals surface area (Å²) in [4.78, 5) is 4.63. The molecule has 96 valence electrons. The highest BCUT2D eigenvalue weighted by atomic mass is 28.3. The summed E-state index contributed by atoms with van der Waals surface area (Å²) in [6.07, 6.45) is 4.61. The lowest BCUT2D eigenvalue weighted by Crippen LogP contribution is -2.35. The van der Waals surface area contributed by atoms with Gasteiger partial charge in [0, 0.05) is 12.1 Å². The smallest absolute Gasteiger partial charge is 0.137 e. The first-order valence-electron chi connectivity index (χ1n) is 6.76. The van der Waals surface area contributed by atoms with Crippen LogP contribution in [0.1, 0.15) is 53.4 Å². The van der Waals surface area contributed by atoms with Crippen LogP contribution in [0.15, 0.2) is 4.99 Å². The first kappa shape index (κ1) is 14.5. The van der Waals surface area contributed by atoms with Crippen molar-refractivity contribution in [2.45, 2.75) is 77.6 Å². The molecular formula is C15H27NSi. The number of aliphatic imine (C=N–C) groups is 1. The number of hydrogen-bond donors (Lipinski definition) is 0. The van der Waals surface area contributed by atoms with Crippen LogP contribution >= 0.6 is 0 Å². The molecule has 0 bridgehead atoms. The normalized spacial score (nSPS) is 20.8. The van der Waals surface area contributed by atoms with E-state index in [0.29, 0.717) is 11.1 Å². The maximum Gasteiger partial charge on any atom is 0.137 e. The largest absolute Gasteiger partial charge is 0.291 e. The quantitative estimate of drug-likeness (QED) is 0.507. The summed E-state index contributed by atoms with van der Waals surface area (Å²) in [6.45, 7) is 13.8. The van der Waals surface area contributed by atoms with Crippen molar-refractivity contribution in [2.24, 2.45) is 4.99 Å². The van der Waals surface area contributed by atoms with Gasteiger partial charge in [0.25, 0.3) is 0 Å². The second kappa shape index (κ2) is 5.39. The molecule has 0 saturated heterocycles. The van der Waals surface area contributed by atoms with E-state index in [1.165, 1.54) is 18.6 Å². The summed E-state index contributed by atoms with van der Waals surface area (Å²) < 4.78 is 0. The molecular weight excluding hydrogens is 222 g/mol. The van der Waals surface area contributed by atoms with Crippen molar-refractivity contribution in [3.05, 3.63) is 0 Å². The van der Waals surface area contributed by atoms with Crippen molar-refractivity contribution in [2.75, 3.05) is 0 Å². The van der Waals surface area contributed by atoms with E-state index in [1.807, 2.05) is 0 Å². The van der Waals surface area contributed by atoms with Crippen LogP contribution in [-0.2, 0) is 0 Å². The summed E-state index contributed by atoms with van der Waals surface area (Å²) >= 11 is 0. The van der Waals surface area contributed by atoms with Crippen LogP contribution in [0, 0.1) is 11.5 Å². The van der Waals surface area contributed by atoms with Crippen molar-refractivity contribution < 1.29 is 0 Å². The van der Waals surface area contributed by atoms with E-state index in [0.717, 1.165) is 12.8 Å². The van der Waals surface area contributed by atoms with Crippen LogP contribution in [0.4, 0.5) is 0 Å². The summed E-state index contributed by atoms with van der Waals surface area (Å²) in [7, 11) is -1.39. The molecule has 17 heavy (non-hydrogen) atoms. The fourth-order valence-electron chi connectivity index (χ4n) is 1.73. The van der Waals surface area contributed by atoms with Gasteiger partial charge in [-0.15, -0.1) is 11.5 Å². The summed E-state index contributed by atoms with van der Waals surface area (Å²) in [5, 5.41) is 0.377. The average Bonchev–Trinajstić information content (AvgIpc) is 2.57. The van der Waals surface area contributed by atoms with Gasteiger partial charge >= 0.3 is 0 Å². The average molecular weight is 249 g/mol.